The molecule has 5 nitrogen and oxygen atoms in total. The van der Waals surface area contributed by atoms with E-state index < -0.39 is 5.97 Å². The van der Waals surface area contributed by atoms with E-state index in [0.717, 1.165) is 16.9 Å². The highest BCUT2D eigenvalue weighted by molar-refractivity contribution is 5.87. The number of benzene rings is 1. The van der Waals surface area contributed by atoms with E-state index >= 15 is 0 Å². The molecule has 0 bridgehead atoms. The van der Waals surface area contributed by atoms with Crippen LogP contribution in [0.25, 0.3) is 16.9 Å². The average molecular weight is 253 g/mol. The van der Waals surface area contributed by atoms with Crippen molar-refractivity contribution >= 4 is 17.0 Å². The molecule has 0 saturated carbocycles. The number of carbonyl (C=O) groups is 1. The summed E-state index contributed by atoms with van der Waals surface area (Å²) in [5, 5.41) is 8.87. The highest BCUT2D eigenvalue weighted by Gasteiger charge is 2.10. The number of imidazole rings is 1. The lowest BCUT2D eigenvalue weighted by atomic mass is 10.3. The van der Waals surface area contributed by atoms with Crippen LogP contribution in [0.1, 0.15) is 16.2 Å². The first-order valence-corrected chi connectivity index (χ1v) is 5.80. The number of pyridine rings is 1. The van der Waals surface area contributed by atoms with Crippen molar-refractivity contribution in [3.8, 4) is 5.82 Å². The van der Waals surface area contributed by atoms with Gasteiger partial charge in [0, 0.05) is 6.20 Å². The van der Waals surface area contributed by atoms with Crippen LogP contribution < -0.4 is 0 Å². The quantitative estimate of drug-likeness (QED) is 0.761. The van der Waals surface area contributed by atoms with Crippen LogP contribution in [0.15, 0.2) is 42.6 Å². The number of fused-ring (bicyclic) bond motifs is 1. The number of para-hydroxylation sites is 2. The topological polar surface area (TPSA) is 68.0 Å². The molecule has 3 aromatic rings. The minimum atomic E-state index is -0.980. The lowest BCUT2D eigenvalue weighted by Gasteiger charge is -2.05. The zero-order valence-electron chi connectivity index (χ0n) is 10.2. The summed E-state index contributed by atoms with van der Waals surface area (Å²) >= 11 is 0. The lowest BCUT2D eigenvalue weighted by molar-refractivity contribution is 0.0696. The standard InChI is InChI=1S/C14H11N3O2/c1-9-16-11-4-2-3-5-12(11)17(9)13-7-6-10(8-15-13)14(18)19/h2-8H,1H3,(H,18,19). The number of carboxylic acids is 1. The highest BCUT2D eigenvalue weighted by Crippen LogP contribution is 2.19. The summed E-state index contributed by atoms with van der Waals surface area (Å²) in [6.07, 6.45) is 1.35. The van der Waals surface area contributed by atoms with Crippen LogP contribution in [-0.4, -0.2) is 25.6 Å². The van der Waals surface area contributed by atoms with Crippen LogP contribution in [0.4, 0.5) is 0 Å². The fourth-order valence-electron chi connectivity index (χ4n) is 2.08. The smallest absolute Gasteiger partial charge is 0.337 e. The third kappa shape index (κ3) is 1.85. The molecule has 0 aliphatic carbocycles. The summed E-state index contributed by atoms with van der Waals surface area (Å²) in [4.78, 5) is 19.5. The van der Waals surface area contributed by atoms with Gasteiger partial charge in [-0.1, -0.05) is 12.1 Å². The molecular weight excluding hydrogens is 242 g/mol. The van der Waals surface area contributed by atoms with Gasteiger partial charge < -0.3 is 5.11 Å². The van der Waals surface area contributed by atoms with Gasteiger partial charge in [-0.15, -0.1) is 0 Å². The van der Waals surface area contributed by atoms with E-state index in [1.807, 2.05) is 35.8 Å². The van der Waals surface area contributed by atoms with Crippen LogP contribution >= 0.6 is 0 Å². The van der Waals surface area contributed by atoms with Crippen molar-refractivity contribution in [2.45, 2.75) is 6.92 Å². The van der Waals surface area contributed by atoms with Crippen LogP contribution in [0, 0.1) is 6.92 Å². The third-order valence-electron chi connectivity index (χ3n) is 2.95. The first-order chi connectivity index (χ1) is 9.16. The number of carboxylic acid groups (broad SMARTS) is 1. The number of nitrogens with zero attached hydrogens (tertiary/aromatic N) is 3. The second-order valence-corrected chi connectivity index (χ2v) is 4.19. The number of hydrogen-bond acceptors (Lipinski definition) is 3. The van der Waals surface area contributed by atoms with E-state index in [1.165, 1.54) is 6.20 Å². The summed E-state index contributed by atoms with van der Waals surface area (Å²) in [6, 6.07) is 11.0. The fourth-order valence-corrected chi connectivity index (χ4v) is 2.08. The number of rotatable bonds is 2. The molecule has 0 radical (unpaired) electrons. The van der Waals surface area contributed by atoms with Crippen molar-refractivity contribution in [3.63, 3.8) is 0 Å². The normalized spacial score (nSPS) is 10.8. The summed E-state index contributed by atoms with van der Waals surface area (Å²) in [7, 11) is 0. The largest absolute Gasteiger partial charge is 0.478 e. The van der Waals surface area contributed by atoms with Gasteiger partial charge in [-0.2, -0.15) is 0 Å². The van der Waals surface area contributed by atoms with E-state index in [2.05, 4.69) is 9.97 Å². The average Bonchev–Trinajstić information content (AvgIpc) is 2.74. The maximum absolute atomic E-state index is 10.8. The molecule has 5 heteroatoms. The number of aromatic nitrogens is 3. The number of hydrogen-bond donors (Lipinski definition) is 1. The van der Waals surface area contributed by atoms with Crippen molar-refractivity contribution in [3.05, 3.63) is 54.0 Å². The highest BCUT2D eigenvalue weighted by atomic mass is 16.4. The minimum Gasteiger partial charge on any atom is -0.478 e. The first-order valence-electron chi connectivity index (χ1n) is 5.80. The van der Waals surface area contributed by atoms with Crippen molar-refractivity contribution in [1.29, 1.82) is 0 Å². The van der Waals surface area contributed by atoms with E-state index in [-0.39, 0.29) is 5.56 Å². The second-order valence-electron chi connectivity index (χ2n) is 4.19. The van der Waals surface area contributed by atoms with Crippen LogP contribution in [0.2, 0.25) is 0 Å². The Hall–Kier alpha value is -2.69. The third-order valence-corrected chi connectivity index (χ3v) is 2.95. The Morgan fingerprint density at radius 2 is 2.00 bits per heavy atom. The van der Waals surface area contributed by atoms with Crippen LogP contribution in [0.3, 0.4) is 0 Å². The Morgan fingerprint density at radius 3 is 2.68 bits per heavy atom. The van der Waals surface area contributed by atoms with E-state index in [1.54, 1.807) is 12.1 Å². The fraction of sp³-hybridized carbons (Fsp3) is 0.0714. The molecule has 3 rings (SSSR count). The molecule has 0 aliphatic rings. The van der Waals surface area contributed by atoms with E-state index in [9.17, 15) is 4.79 Å². The predicted octanol–water partition coefficient (Wildman–Crippen LogP) is 2.43. The molecule has 0 aliphatic heterocycles. The van der Waals surface area contributed by atoms with Gasteiger partial charge >= 0.3 is 5.97 Å². The summed E-state index contributed by atoms with van der Waals surface area (Å²) in [5.74, 6) is 0.499. The molecule has 1 aromatic carbocycles. The summed E-state index contributed by atoms with van der Waals surface area (Å²) in [6.45, 7) is 1.90. The van der Waals surface area contributed by atoms with Crippen LogP contribution in [-0.2, 0) is 0 Å². The molecule has 0 spiro atoms. The molecule has 0 atom stereocenters. The zero-order chi connectivity index (χ0) is 13.4. The Labute approximate surface area is 109 Å². The Morgan fingerprint density at radius 1 is 1.21 bits per heavy atom. The maximum atomic E-state index is 10.8. The molecule has 1 N–H and O–H groups in total. The molecule has 0 saturated heterocycles. The molecular formula is C14H11N3O2. The van der Waals surface area contributed by atoms with Crippen LogP contribution in [0.5, 0.6) is 0 Å². The lowest BCUT2D eigenvalue weighted by Crippen LogP contribution is -2.02. The van der Waals surface area contributed by atoms with E-state index in [4.69, 9.17) is 5.11 Å². The maximum Gasteiger partial charge on any atom is 0.337 e. The molecule has 94 valence electrons. The molecule has 2 aromatic heterocycles. The molecule has 0 unspecified atom stereocenters. The van der Waals surface area contributed by atoms with Gasteiger partial charge in [0.25, 0.3) is 0 Å². The number of aryl methyl sites for hydroxylation is 1. The van der Waals surface area contributed by atoms with Gasteiger partial charge in [0.05, 0.1) is 16.6 Å². The summed E-state index contributed by atoms with van der Waals surface area (Å²) in [5.41, 5.74) is 2.02. The molecule has 0 fully saturated rings. The zero-order valence-corrected chi connectivity index (χ0v) is 10.2. The van der Waals surface area contributed by atoms with Gasteiger partial charge in [-0.05, 0) is 31.2 Å². The van der Waals surface area contributed by atoms with Gasteiger partial charge in [0.2, 0.25) is 0 Å². The predicted molar refractivity (Wildman–Crippen MR) is 70.6 cm³/mol. The SMILES string of the molecule is Cc1nc2ccccc2n1-c1ccc(C(=O)O)cn1. The van der Waals surface area contributed by atoms with Crippen molar-refractivity contribution in [2.24, 2.45) is 0 Å². The Balaban J connectivity index is 2.18. The summed E-state index contributed by atoms with van der Waals surface area (Å²) < 4.78 is 1.90. The Kier molecular flexibility index (Phi) is 2.52. The monoisotopic (exact) mass is 253 g/mol. The molecule has 2 heterocycles. The first kappa shape index (κ1) is 11.4. The van der Waals surface area contributed by atoms with E-state index in [0.29, 0.717) is 5.82 Å². The molecule has 19 heavy (non-hydrogen) atoms. The van der Waals surface area contributed by atoms with Crippen molar-refractivity contribution in [2.75, 3.05) is 0 Å². The van der Waals surface area contributed by atoms with Crippen molar-refractivity contribution in [1.82, 2.24) is 14.5 Å². The van der Waals surface area contributed by atoms with Gasteiger partial charge in [-0.3, -0.25) is 4.57 Å². The number of aromatic carboxylic acids is 1. The second kappa shape index (κ2) is 4.20. The van der Waals surface area contributed by atoms with Gasteiger partial charge in [0.1, 0.15) is 11.6 Å². The molecule has 0 amide bonds. The minimum absolute atomic E-state index is 0.172. The van der Waals surface area contributed by atoms with Gasteiger partial charge in [-0.25, -0.2) is 14.8 Å². The van der Waals surface area contributed by atoms with Gasteiger partial charge in [0.15, 0.2) is 0 Å². The van der Waals surface area contributed by atoms with Crippen molar-refractivity contribution < 1.29 is 9.90 Å². The Bertz CT molecular complexity index is 760.